The Bertz CT molecular complexity index is 1050. The molecule has 4 heterocycles. The zero-order valence-corrected chi connectivity index (χ0v) is 16.8. The van der Waals surface area contributed by atoms with Crippen LogP contribution in [0.2, 0.25) is 0 Å². The first-order chi connectivity index (χ1) is 13.8. The maximum atomic E-state index is 5.53. The highest BCUT2D eigenvalue weighted by atomic mass is 35.5. The molecular formula is C17H23ClN8O3. The van der Waals surface area contributed by atoms with E-state index in [0.717, 1.165) is 5.39 Å². The zero-order valence-electron chi connectivity index (χ0n) is 15.9. The minimum atomic E-state index is 0. The van der Waals surface area contributed by atoms with E-state index in [4.69, 9.17) is 19.6 Å². The van der Waals surface area contributed by atoms with Crippen LogP contribution in [0.4, 0.5) is 5.95 Å². The number of rotatable bonds is 10. The smallest absolute Gasteiger partial charge is 0.228 e. The lowest BCUT2D eigenvalue weighted by molar-refractivity contribution is 0.0547. The molecular weight excluding hydrogens is 400 g/mol. The Morgan fingerprint density at radius 2 is 1.97 bits per heavy atom. The molecule has 0 spiro atoms. The third kappa shape index (κ3) is 4.65. The second-order valence-corrected chi connectivity index (χ2v) is 6.06. The number of nitrogens with one attached hydrogen (secondary N) is 1. The van der Waals surface area contributed by atoms with Crippen molar-refractivity contribution in [2.24, 2.45) is 12.8 Å². The Kier molecular flexibility index (Phi) is 6.99. The third-order valence-corrected chi connectivity index (χ3v) is 3.98. The van der Waals surface area contributed by atoms with Crippen molar-refractivity contribution in [2.75, 3.05) is 44.8 Å². The molecule has 3 N–H and O–H groups in total. The average Bonchev–Trinajstić information content (AvgIpc) is 3.41. The highest BCUT2D eigenvalue weighted by Crippen LogP contribution is 2.23. The molecule has 12 heteroatoms. The number of aryl methyl sites for hydroxylation is 1. The van der Waals surface area contributed by atoms with Crippen LogP contribution in [0.5, 0.6) is 0 Å². The van der Waals surface area contributed by atoms with Crippen LogP contribution in [0.1, 0.15) is 0 Å². The van der Waals surface area contributed by atoms with Crippen molar-refractivity contribution in [3.63, 3.8) is 0 Å². The minimum absolute atomic E-state index is 0. The van der Waals surface area contributed by atoms with Crippen LogP contribution in [-0.4, -0.2) is 68.9 Å². The molecule has 0 saturated carbocycles. The van der Waals surface area contributed by atoms with Gasteiger partial charge >= 0.3 is 0 Å². The van der Waals surface area contributed by atoms with Gasteiger partial charge in [0.2, 0.25) is 11.8 Å². The Balaban J connectivity index is 0.00000240. The van der Waals surface area contributed by atoms with E-state index in [0.29, 0.717) is 68.3 Å². The van der Waals surface area contributed by atoms with E-state index in [9.17, 15) is 0 Å². The predicted molar refractivity (Wildman–Crippen MR) is 109 cm³/mol. The first-order valence-corrected chi connectivity index (χ1v) is 8.99. The molecule has 4 aromatic rings. The van der Waals surface area contributed by atoms with Crippen molar-refractivity contribution < 1.29 is 13.9 Å². The molecule has 0 aliphatic heterocycles. The lowest BCUT2D eigenvalue weighted by Gasteiger charge is -2.08. The summed E-state index contributed by atoms with van der Waals surface area (Å²) in [6, 6.07) is 3.61. The number of aromatic nitrogens is 6. The maximum absolute atomic E-state index is 5.53. The number of hydrogen-bond acceptors (Lipinski definition) is 9. The number of halogens is 1. The van der Waals surface area contributed by atoms with Gasteiger partial charge in [-0.25, -0.2) is 4.98 Å². The van der Waals surface area contributed by atoms with Crippen molar-refractivity contribution >= 4 is 35.0 Å². The summed E-state index contributed by atoms with van der Waals surface area (Å²) >= 11 is 0. The van der Waals surface area contributed by atoms with Crippen molar-refractivity contribution in [3.05, 3.63) is 24.6 Å². The Hall–Kier alpha value is -2.73. The summed E-state index contributed by atoms with van der Waals surface area (Å²) < 4.78 is 19.6. The van der Waals surface area contributed by atoms with E-state index in [1.807, 2.05) is 19.3 Å². The van der Waals surface area contributed by atoms with Crippen molar-refractivity contribution in [1.82, 2.24) is 29.4 Å². The number of anilines is 1. The van der Waals surface area contributed by atoms with Gasteiger partial charge in [-0.05, 0) is 12.1 Å². The molecule has 29 heavy (non-hydrogen) atoms. The topological polar surface area (TPSA) is 131 Å². The molecule has 11 nitrogen and oxygen atoms in total. The van der Waals surface area contributed by atoms with Gasteiger partial charge in [0.25, 0.3) is 0 Å². The molecule has 0 unspecified atom stereocenters. The van der Waals surface area contributed by atoms with E-state index >= 15 is 0 Å². The second-order valence-electron chi connectivity index (χ2n) is 6.06. The van der Waals surface area contributed by atoms with Gasteiger partial charge in [0.05, 0.1) is 38.1 Å². The molecule has 4 aromatic heterocycles. The highest BCUT2D eigenvalue weighted by Gasteiger charge is 2.17. The van der Waals surface area contributed by atoms with Gasteiger partial charge in [0, 0.05) is 26.3 Å². The molecule has 0 atom stereocenters. The van der Waals surface area contributed by atoms with Crippen LogP contribution in [0.3, 0.4) is 0 Å². The summed E-state index contributed by atoms with van der Waals surface area (Å²) in [5.74, 6) is 1.61. The van der Waals surface area contributed by atoms with E-state index in [-0.39, 0.29) is 12.4 Å². The first-order valence-electron chi connectivity index (χ1n) is 8.99. The van der Waals surface area contributed by atoms with Gasteiger partial charge in [-0.15, -0.1) is 17.5 Å². The Morgan fingerprint density at radius 3 is 2.72 bits per heavy atom. The standard InChI is InChI=1S/C17H22N8O3.ClH/c1-24-11-12-14(22-24)21-17(19-5-8-27-10-9-26-7-4-18)25-16(12)20-15(23-25)13-3-2-6-28-13;/h2-3,6,11H,4-5,7-10,18H2,1H3,(H,19,21,22);1H. The number of nitrogens with zero attached hydrogens (tertiary/aromatic N) is 6. The van der Waals surface area contributed by atoms with Crippen molar-refractivity contribution in [1.29, 1.82) is 0 Å². The number of nitrogens with two attached hydrogens (primary N) is 1. The Labute approximate surface area is 172 Å². The van der Waals surface area contributed by atoms with Crippen molar-refractivity contribution in [2.45, 2.75) is 0 Å². The average molecular weight is 423 g/mol. The minimum Gasteiger partial charge on any atom is -0.461 e. The van der Waals surface area contributed by atoms with Crippen LogP contribution >= 0.6 is 12.4 Å². The molecule has 0 fully saturated rings. The molecule has 0 aromatic carbocycles. The summed E-state index contributed by atoms with van der Waals surface area (Å²) in [5, 5.41) is 13.0. The molecule has 0 aliphatic carbocycles. The van der Waals surface area contributed by atoms with Gasteiger partial charge in [-0.1, -0.05) is 0 Å². The first kappa shape index (κ1) is 21.0. The van der Waals surface area contributed by atoms with E-state index in [1.165, 1.54) is 0 Å². The molecule has 4 rings (SSSR count). The summed E-state index contributed by atoms with van der Waals surface area (Å²) in [6.07, 6.45) is 3.46. The largest absolute Gasteiger partial charge is 0.461 e. The van der Waals surface area contributed by atoms with Crippen LogP contribution in [0.15, 0.2) is 29.0 Å². The fourth-order valence-corrected chi connectivity index (χ4v) is 2.76. The maximum Gasteiger partial charge on any atom is 0.228 e. The fourth-order valence-electron chi connectivity index (χ4n) is 2.76. The van der Waals surface area contributed by atoms with Gasteiger partial charge in [-0.3, -0.25) is 4.68 Å². The molecule has 0 radical (unpaired) electrons. The van der Waals surface area contributed by atoms with E-state index < -0.39 is 0 Å². The number of furan rings is 1. The summed E-state index contributed by atoms with van der Waals surface area (Å²) in [4.78, 5) is 9.18. The second kappa shape index (κ2) is 9.65. The highest BCUT2D eigenvalue weighted by molar-refractivity contribution is 5.90. The lowest BCUT2D eigenvalue weighted by atomic mass is 10.4. The molecule has 0 bridgehead atoms. The van der Waals surface area contributed by atoms with Gasteiger partial charge in [0.1, 0.15) is 0 Å². The van der Waals surface area contributed by atoms with E-state index in [1.54, 1.807) is 21.5 Å². The number of hydrogen-bond donors (Lipinski definition) is 2. The number of ether oxygens (including phenoxy) is 2. The quantitative estimate of drug-likeness (QED) is 0.360. The normalized spacial score (nSPS) is 11.2. The van der Waals surface area contributed by atoms with Gasteiger partial charge < -0.3 is 24.9 Å². The van der Waals surface area contributed by atoms with Gasteiger partial charge in [0.15, 0.2) is 17.1 Å². The molecule has 156 valence electrons. The molecule has 0 saturated heterocycles. The Morgan fingerprint density at radius 1 is 1.14 bits per heavy atom. The molecule has 0 amide bonds. The summed E-state index contributed by atoms with van der Waals surface area (Å²) in [6.45, 7) is 3.13. The molecule has 0 aliphatic rings. The van der Waals surface area contributed by atoms with Crippen molar-refractivity contribution in [3.8, 4) is 11.6 Å². The summed E-state index contributed by atoms with van der Waals surface area (Å²) in [5.41, 5.74) is 6.61. The monoisotopic (exact) mass is 422 g/mol. The van der Waals surface area contributed by atoms with Crippen LogP contribution in [-0.2, 0) is 16.5 Å². The van der Waals surface area contributed by atoms with Gasteiger partial charge in [-0.2, -0.15) is 14.6 Å². The van der Waals surface area contributed by atoms with Crippen LogP contribution in [0, 0.1) is 0 Å². The SMILES string of the molecule is Cl.Cn1cc2c(nc(NCCOCCOCCN)n3nc(-c4ccco4)nc23)n1. The van der Waals surface area contributed by atoms with Crippen LogP contribution in [0.25, 0.3) is 28.3 Å². The van der Waals surface area contributed by atoms with Crippen LogP contribution < -0.4 is 11.1 Å². The number of fused-ring (bicyclic) bond motifs is 3. The summed E-state index contributed by atoms with van der Waals surface area (Å²) in [7, 11) is 1.84. The van der Waals surface area contributed by atoms with E-state index in [2.05, 4.69) is 25.5 Å². The predicted octanol–water partition coefficient (Wildman–Crippen LogP) is 1.10. The fraction of sp³-hybridized carbons (Fsp3) is 0.412. The zero-order chi connectivity index (χ0) is 19.3. The lowest BCUT2D eigenvalue weighted by Crippen LogP contribution is -2.16. The third-order valence-electron chi connectivity index (χ3n) is 3.98.